The van der Waals surface area contributed by atoms with E-state index in [-0.39, 0.29) is 31.1 Å². The lowest BCUT2D eigenvalue weighted by Gasteiger charge is -2.24. The van der Waals surface area contributed by atoms with Crippen LogP contribution in [-0.2, 0) is 27.7 Å². The van der Waals surface area contributed by atoms with E-state index in [2.05, 4.69) is 10.3 Å². The minimum atomic E-state index is -3.61. The molecule has 1 amide bonds. The molecule has 0 atom stereocenters. The van der Waals surface area contributed by atoms with Gasteiger partial charge in [0.2, 0.25) is 5.75 Å². The highest BCUT2D eigenvalue weighted by Crippen LogP contribution is 2.32. The van der Waals surface area contributed by atoms with E-state index in [9.17, 15) is 27.5 Å². The van der Waals surface area contributed by atoms with E-state index in [1.807, 2.05) is 0 Å². The van der Waals surface area contributed by atoms with E-state index in [0.717, 1.165) is 4.57 Å². The van der Waals surface area contributed by atoms with Gasteiger partial charge in [0.05, 0.1) is 5.75 Å². The molecule has 0 fully saturated rings. The van der Waals surface area contributed by atoms with Crippen LogP contribution in [0.15, 0.2) is 29.1 Å². The van der Waals surface area contributed by atoms with Crippen LogP contribution in [0.3, 0.4) is 0 Å². The molecule has 0 spiro atoms. The number of rotatable bonds is 3. The van der Waals surface area contributed by atoms with Crippen molar-refractivity contribution in [3.05, 3.63) is 57.5 Å². The predicted octanol–water partition coefficient (Wildman–Crippen LogP) is 1.07. The summed E-state index contributed by atoms with van der Waals surface area (Å²) in [6.07, 6.45) is 0.204. The third kappa shape index (κ3) is 3.39. The summed E-state index contributed by atoms with van der Waals surface area (Å²) in [7, 11) is -3.61. The molecule has 1 aliphatic heterocycles. The van der Waals surface area contributed by atoms with Crippen molar-refractivity contribution in [2.75, 3.05) is 5.75 Å². The third-order valence-corrected chi connectivity index (χ3v) is 7.40. The third-order valence-electron chi connectivity index (χ3n) is 4.84. The predicted molar refractivity (Wildman–Crippen MR) is 99.2 cm³/mol. The number of aromatic nitrogens is 2. The van der Waals surface area contributed by atoms with Gasteiger partial charge in [0.1, 0.15) is 16.4 Å². The number of halogens is 1. The number of hydrogen-bond acceptors (Lipinski definition) is 6. The van der Waals surface area contributed by atoms with Crippen molar-refractivity contribution < 1.29 is 22.7 Å². The number of sulfone groups is 1. The van der Waals surface area contributed by atoms with Crippen LogP contribution in [0.1, 0.15) is 42.1 Å². The Morgan fingerprint density at radius 3 is 2.61 bits per heavy atom. The number of hydrogen-bond donors (Lipinski definition) is 2. The van der Waals surface area contributed by atoms with E-state index in [1.165, 1.54) is 38.1 Å². The molecule has 0 radical (unpaired) electrons. The summed E-state index contributed by atoms with van der Waals surface area (Å²) >= 11 is 0. The maximum atomic E-state index is 13.0. The summed E-state index contributed by atoms with van der Waals surface area (Å²) in [5.41, 5.74) is -0.797. The summed E-state index contributed by atoms with van der Waals surface area (Å²) in [5, 5.41) is 12.7. The first-order valence-corrected chi connectivity index (χ1v) is 10.3. The van der Waals surface area contributed by atoms with E-state index in [1.54, 1.807) is 0 Å². The Kier molecular flexibility index (Phi) is 5.00. The Morgan fingerprint density at radius 1 is 1.32 bits per heavy atom. The fourth-order valence-electron chi connectivity index (χ4n) is 3.05. The summed E-state index contributed by atoms with van der Waals surface area (Å²) in [6, 6.07) is 5.42. The lowest BCUT2D eigenvalue weighted by molar-refractivity contribution is 0.0941. The maximum absolute atomic E-state index is 13.0. The molecule has 1 aromatic carbocycles. The summed E-state index contributed by atoms with van der Waals surface area (Å²) in [4.78, 5) is 29.1. The van der Waals surface area contributed by atoms with Crippen molar-refractivity contribution in [2.45, 2.75) is 38.1 Å². The van der Waals surface area contributed by atoms with Crippen molar-refractivity contribution >= 4 is 15.7 Å². The standard InChI is InChI=1S/C18H20FN3O5S/c1-18(2)17-21-13(15(24)20-10-11-4-6-12(19)7-5-11)14(23)16(25)22(17)8-3-9-28(18,26)27/h4-7,23H,3,8-10H2,1-2H3,(H,20,24). The van der Waals surface area contributed by atoms with Gasteiger partial charge in [-0.2, -0.15) is 0 Å². The topological polar surface area (TPSA) is 118 Å². The molecule has 2 N–H and O–H groups in total. The smallest absolute Gasteiger partial charge is 0.296 e. The van der Waals surface area contributed by atoms with Crippen LogP contribution in [-0.4, -0.2) is 34.7 Å². The number of carbonyl (C=O) groups excluding carboxylic acids is 1. The molecule has 0 bridgehead atoms. The van der Waals surface area contributed by atoms with Crippen LogP contribution < -0.4 is 10.9 Å². The Labute approximate surface area is 161 Å². The molecule has 0 saturated carbocycles. The van der Waals surface area contributed by atoms with Crippen LogP contribution in [0.5, 0.6) is 5.75 Å². The molecule has 0 unspecified atom stereocenters. The lowest BCUT2D eigenvalue weighted by Crippen LogP contribution is -2.38. The molecule has 28 heavy (non-hydrogen) atoms. The maximum Gasteiger partial charge on any atom is 0.296 e. The Morgan fingerprint density at radius 2 is 1.96 bits per heavy atom. The van der Waals surface area contributed by atoms with Crippen LogP contribution in [0.2, 0.25) is 0 Å². The number of aromatic hydroxyl groups is 1. The van der Waals surface area contributed by atoms with Gasteiger partial charge in [-0.1, -0.05) is 12.1 Å². The van der Waals surface area contributed by atoms with Gasteiger partial charge in [-0.05, 0) is 38.0 Å². The monoisotopic (exact) mass is 409 g/mol. The first kappa shape index (κ1) is 20.0. The van der Waals surface area contributed by atoms with Crippen molar-refractivity contribution in [1.29, 1.82) is 0 Å². The van der Waals surface area contributed by atoms with Crippen molar-refractivity contribution in [2.24, 2.45) is 0 Å². The Bertz CT molecular complexity index is 1090. The van der Waals surface area contributed by atoms with Gasteiger partial charge in [-0.15, -0.1) is 0 Å². The molecule has 150 valence electrons. The van der Waals surface area contributed by atoms with Crippen molar-refractivity contribution in [1.82, 2.24) is 14.9 Å². The second kappa shape index (κ2) is 7.01. The highest BCUT2D eigenvalue weighted by Gasteiger charge is 2.42. The van der Waals surface area contributed by atoms with Crippen LogP contribution in [0.25, 0.3) is 0 Å². The molecule has 2 aromatic rings. The lowest BCUT2D eigenvalue weighted by atomic mass is 10.1. The van der Waals surface area contributed by atoms with Crippen LogP contribution in [0, 0.1) is 5.82 Å². The van der Waals surface area contributed by atoms with Crippen molar-refractivity contribution in [3.63, 3.8) is 0 Å². The van der Waals surface area contributed by atoms with Gasteiger partial charge in [0.15, 0.2) is 15.5 Å². The highest BCUT2D eigenvalue weighted by molar-refractivity contribution is 7.92. The van der Waals surface area contributed by atoms with Gasteiger partial charge >= 0.3 is 0 Å². The zero-order valence-electron chi connectivity index (χ0n) is 15.4. The van der Waals surface area contributed by atoms with E-state index >= 15 is 0 Å². The fourth-order valence-corrected chi connectivity index (χ4v) is 4.50. The van der Waals surface area contributed by atoms with E-state index < -0.39 is 43.3 Å². The second-order valence-corrected chi connectivity index (χ2v) is 9.74. The normalized spacial score (nSPS) is 17.4. The van der Waals surface area contributed by atoms with E-state index in [4.69, 9.17) is 0 Å². The molecule has 1 aromatic heterocycles. The largest absolute Gasteiger partial charge is 0.501 e. The number of nitrogens with one attached hydrogen (secondary N) is 1. The zero-order valence-corrected chi connectivity index (χ0v) is 16.2. The van der Waals surface area contributed by atoms with Crippen LogP contribution >= 0.6 is 0 Å². The van der Waals surface area contributed by atoms with Gasteiger partial charge in [0.25, 0.3) is 11.5 Å². The van der Waals surface area contributed by atoms with Crippen molar-refractivity contribution in [3.8, 4) is 5.75 Å². The second-order valence-electron chi connectivity index (χ2n) is 7.08. The number of amides is 1. The minimum absolute atomic E-state index is 0.0142. The van der Waals surface area contributed by atoms with Gasteiger partial charge in [0, 0.05) is 13.1 Å². The number of fused-ring (bicyclic) bond motifs is 1. The Balaban J connectivity index is 2.00. The van der Waals surface area contributed by atoms with Gasteiger partial charge in [-0.3, -0.25) is 14.2 Å². The number of benzene rings is 1. The molecular formula is C18H20FN3O5S. The van der Waals surface area contributed by atoms with E-state index in [0.29, 0.717) is 5.56 Å². The summed E-state index contributed by atoms with van der Waals surface area (Å²) in [6.45, 7) is 2.93. The molecule has 8 nitrogen and oxygen atoms in total. The molecule has 2 heterocycles. The molecule has 3 rings (SSSR count). The summed E-state index contributed by atoms with van der Waals surface area (Å²) in [5.74, 6) is -2.30. The molecule has 10 heteroatoms. The fraction of sp³-hybridized carbons (Fsp3) is 0.389. The molecule has 1 aliphatic rings. The van der Waals surface area contributed by atoms with Gasteiger partial charge in [-0.25, -0.2) is 17.8 Å². The quantitative estimate of drug-likeness (QED) is 0.783. The number of nitrogens with zero attached hydrogens (tertiary/aromatic N) is 2. The zero-order chi connectivity index (χ0) is 20.7. The Hall–Kier alpha value is -2.75. The molecule has 0 aliphatic carbocycles. The average molecular weight is 409 g/mol. The first-order chi connectivity index (χ1) is 13.0. The first-order valence-electron chi connectivity index (χ1n) is 8.64. The average Bonchev–Trinajstić information content (AvgIpc) is 2.72. The SMILES string of the molecule is CC1(C)c2nc(C(=O)NCc3ccc(F)cc3)c(O)c(=O)n2CCCS1(=O)=O. The highest BCUT2D eigenvalue weighted by atomic mass is 32.2. The van der Waals surface area contributed by atoms with Gasteiger partial charge < -0.3 is 10.4 Å². The molecular weight excluding hydrogens is 389 g/mol. The minimum Gasteiger partial charge on any atom is -0.501 e. The molecule has 0 saturated heterocycles. The van der Waals surface area contributed by atoms with Crippen LogP contribution in [0.4, 0.5) is 4.39 Å². The summed E-state index contributed by atoms with van der Waals surface area (Å²) < 4.78 is 37.7. The number of carbonyl (C=O) groups is 1.